The smallest absolute Gasteiger partial charge is 0.410 e. The molecule has 42 heavy (non-hydrogen) atoms. The van der Waals surface area contributed by atoms with Gasteiger partial charge in [0.15, 0.2) is 0 Å². The second kappa shape index (κ2) is 13.2. The Balaban J connectivity index is 1.63. The van der Waals surface area contributed by atoms with Crippen LogP contribution in [-0.2, 0) is 20.7 Å². The summed E-state index contributed by atoms with van der Waals surface area (Å²) in [7, 11) is 0. The molecule has 0 N–H and O–H groups in total. The molecule has 2 aromatic carbocycles. The molecule has 0 radical (unpaired) electrons. The van der Waals surface area contributed by atoms with Gasteiger partial charge in [0.25, 0.3) is 5.89 Å². The Labute approximate surface area is 252 Å². The first-order chi connectivity index (χ1) is 19.9. The molecule has 0 spiro atoms. The van der Waals surface area contributed by atoms with E-state index in [9.17, 15) is 9.59 Å². The van der Waals surface area contributed by atoms with Gasteiger partial charge in [0.05, 0.1) is 30.2 Å². The van der Waals surface area contributed by atoms with E-state index in [0.29, 0.717) is 47.6 Å². The summed E-state index contributed by atoms with van der Waals surface area (Å²) >= 11 is 6.42. The summed E-state index contributed by atoms with van der Waals surface area (Å²) in [5.41, 5.74) is 3.72. The highest BCUT2D eigenvalue weighted by Crippen LogP contribution is 2.39. The van der Waals surface area contributed by atoms with E-state index in [1.165, 1.54) is 0 Å². The molecule has 0 saturated heterocycles. The number of benzene rings is 2. The van der Waals surface area contributed by atoms with Crippen molar-refractivity contribution in [1.29, 1.82) is 0 Å². The van der Waals surface area contributed by atoms with Gasteiger partial charge in [0.1, 0.15) is 11.4 Å². The van der Waals surface area contributed by atoms with E-state index in [1.54, 1.807) is 17.0 Å². The largest absolute Gasteiger partial charge is 0.489 e. The van der Waals surface area contributed by atoms with Crippen LogP contribution in [0.1, 0.15) is 83.5 Å². The van der Waals surface area contributed by atoms with E-state index in [4.69, 9.17) is 30.3 Å². The summed E-state index contributed by atoms with van der Waals surface area (Å²) < 4.78 is 22.5. The molecular weight excluding hydrogens is 558 g/mol. The van der Waals surface area contributed by atoms with E-state index in [0.717, 1.165) is 35.1 Å². The molecule has 1 aliphatic heterocycles. The Morgan fingerprint density at radius 2 is 1.95 bits per heavy atom. The lowest BCUT2D eigenvalue weighted by Crippen LogP contribution is -2.44. The molecule has 1 amide bonds. The minimum absolute atomic E-state index is 0.00198. The van der Waals surface area contributed by atoms with E-state index in [-0.39, 0.29) is 18.5 Å². The van der Waals surface area contributed by atoms with Gasteiger partial charge in [-0.3, -0.25) is 4.79 Å². The van der Waals surface area contributed by atoms with E-state index in [2.05, 4.69) is 10.1 Å². The Hall–Kier alpha value is -3.59. The first-order valence-electron chi connectivity index (χ1n) is 14.5. The van der Waals surface area contributed by atoms with Gasteiger partial charge < -0.3 is 23.6 Å². The molecule has 10 heteroatoms. The number of carbonyl (C=O) groups is 2. The molecule has 3 aromatic rings. The molecule has 1 aliphatic rings. The maximum atomic E-state index is 13.2. The maximum Gasteiger partial charge on any atom is 0.410 e. The van der Waals surface area contributed by atoms with Crippen molar-refractivity contribution in [2.24, 2.45) is 0 Å². The molecule has 1 aromatic heterocycles. The standard InChI is InChI=1S/C32H40ClN3O6/c1-8-9-16-39-28(37)18-26-24-12-11-23(20(4)22(24)14-15-36(26)31(38)41-32(5,6)7)29-34-30(42-35-29)21-10-13-27(25(33)17-21)40-19(2)3/h10-13,17,19,26H,8-9,14-16,18H2,1-7H3. The molecule has 1 unspecified atom stereocenters. The summed E-state index contributed by atoms with van der Waals surface area (Å²) in [6.07, 6.45) is 1.89. The Bertz CT molecular complexity index is 1430. The normalized spacial score (nSPS) is 15.0. The summed E-state index contributed by atoms with van der Waals surface area (Å²) in [5, 5.41) is 4.70. The number of ether oxygens (including phenoxy) is 3. The van der Waals surface area contributed by atoms with Crippen molar-refractivity contribution in [2.45, 2.75) is 91.9 Å². The molecule has 0 bridgehead atoms. The molecule has 4 rings (SSSR count). The summed E-state index contributed by atoms with van der Waals surface area (Å²) in [5.74, 6) is 1.02. The minimum atomic E-state index is -0.661. The molecule has 1 atom stereocenters. The lowest BCUT2D eigenvalue weighted by atomic mass is 9.86. The summed E-state index contributed by atoms with van der Waals surface area (Å²) in [6.45, 7) is 14.2. The Morgan fingerprint density at radius 1 is 1.19 bits per heavy atom. The van der Waals surface area contributed by atoms with Crippen molar-refractivity contribution in [3.05, 3.63) is 52.0 Å². The number of fused-ring (bicyclic) bond motifs is 1. The molecular formula is C32H40ClN3O6. The van der Waals surface area contributed by atoms with Crippen molar-refractivity contribution in [2.75, 3.05) is 13.2 Å². The highest BCUT2D eigenvalue weighted by Gasteiger charge is 2.36. The van der Waals surface area contributed by atoms with Gasteiger partial charge in [-0.1, -0.05) is 42.2 Å². The number of rotatable bonds is 9. The van der Waals surface area contributed by atoms with Gasteiger partial charge in [0.2, 0.25) is 5.82 Å². The fraction of sp³-hybridized carbons (Fsp3) is 0.500. The van der Waals surface area contributed by atoms with Gasteiger partial charge in [-0.2, -0.15) is 4.98 Å². The van der Waals surface area contributed by atoms with E-state index in [1.807, 2.05) is 66.7 Å². The lowest BCUT2D eigenvalue weighted by Gasteiger charge is -2.38. The average Bonchev–Trinajstić information content (AvgIpc) is 3.39. The molecule has 0 saturated carbocycles. The third-order valence-corrected chi connectivity index (χ3v) is 7.23. The monoisotopic (exact) mass is 597 g/mol. The SMILES string of the molecule is CCCCOC(=O)CC1c2ccc(-c3noc(-c4ccc(OC(C)C)c(Cl)c4)n3)c(C)c2CCN1C(=O)OC(C)(C)C. The zero-order chi connectivity index (χ0) is 30.6. The van der Waals surface area contributed by atoms with Crippen LogP contribution in [0.3, 0.4) is 0 Å². The minimum Gasteiger partial charge on any atom is -0.489 e. The third kappa shape index (κ3) is 7.43. The number of esters is 1. The van der Waals surface area contributed by atoms with Crippen molar-refractivity contribution in [3.63, 3.8) is 0 Å². The van der Waals surface area contributed by atoms with Crippen molar-refractivity contribution in [3.8, 4) is 28.6 Å². The van der Waals surface area contributed by atoms with Crippen molar-refractivity contribution < 1.29 is 28.3 Å². The number of amides is 1. The topological polar surface area (TPSA) is 104 Å². The molecule has 0 aliphatic carbocycles. The van der Waals surface area contributed by atoms with E-state index < -0.39 is 17.7 Å². The highest BCUT2D eigenvalue weighted by atomic mass is 35.5. The maximum absolute atomic E-state index is 13.2. The Kier molecular flexibility index (Phi) is 9.82. The zero-order valence-corrected chi connectivity index (χ0v) is 26.2. The summed E-state index contributed by atoms with van der Waals surface area (Å²) in [4.78, 5) is 32.3. The van der Waals surface area contributed by atoms with Gasteiger partial charge in [-0.05, 0) is 89.3 Å². The number of aromatic nitrogens is 2. The first-order valence-corrected chi connectivity index (χ1v) is 14.8. The van der Waals surface area contributed by atoms with Gasteiger partial charge in [-0.15, -0.1) is 0 Å². The van der Waals surface area contributed by atoms with Gasteiger partial charge >= 0.3 is 12.1 Å². The van der Waals surface area contributed by atoms with Crippen molar-refractivity contribution in [1.82, 2.24) is 15.0 Å². The third-order valence-electron chi connectivity index (χ3n) is 6.93. The Morgan fingerprint density at radius 3 is 2.62 bits per heavy atom. The van der Waals surface area contributed by atoms with Crippen LogP contribution < -0.4 is 4.74 Å². The number of nitrogens with zero attached hydrogens (tertiary/aromatic N) is 3. The van der Waals surface area contributed by atoms with Gasteiger partial charge in [0, 0.05) is 17.7 Å². The number of halogens is 1. The second-order valence-electron chi connectivity index (χ2n) is 11.8. The molecule has 9 nitrogen and oxygen atoms in total. The predicted octanol–water partition coefficient (Wildman–Crippen LogP) is 7.72. The number of hydrogen-bond acceptors (Lipinski definition) is 8. The number of unbranched alkanes of at least 4 members (excludes halogenated alkanes) is 1. The highest BCUT2D eigenvalue weighted by molar-refractivity contribution is 6.32. The fourth-order valence-electron chi connectivity index (χ4n) is 4.96. The zero-order valence-electron chi connectivity index (χ0n) is 25.5. The summed E-state index contributed by atoms with van der Waals surface area (Å²) in [6, 6.07) is 8.68. The van der Waals surface area contributed by atoms with Crippen LogP contribution in [0.4, 0.5) is 4.79 Å². The predicted molar refractivity (Wildman–Crippen MR) is 161 cm³/mol. The lowest BCUT2D eigenvalue weighted by molar-refractivity contribution is -0.145. The number of carbonyl (C=O) groups excluding carboxylic acids is 2. The van der Waals surface area contributed by atoms with E-state index >= 15 is 0 Å². The van der Waals surface area contributed by atoms with Crippen LogP contribution in [0, 0.1) is 6.92 Å². The van der Waals surface area contributed by atoms with Crippen LogP contribution >= 0.6 is 11.6 Å². The molecule has 2 heterocycles. The quantitative estimate of drug-likeness (QED) is 0.182. The van der Waals surface area contributed by atoms with Crippen LogP contribution in [-0.4, -0.2) is 52.0 Å². The first kappa shape index (κ1) is 31.3. The van der Waals surface area contributed by atoms with Crippen molar-refractivity contribution >= 4 is 23.7 Å². The van der Waals surface area contributed by atoms with Gasteiger partial charge in [-0.25, -0.2) is 4.79 Å². The van der Waals surface area contributed by atoms with Crippen LogP contribution in [0.5, 0.6) is 5.75 Å². The number of hydrogen-bond donors (Lipinski definition) is 0. The van der Waals surface area contributed by atoms with Crippen LogP contribution in [0.2, 0.25) is 5.02 Å². The molecule has 226 valence electrons. The molecule has 0 fully saturated rings. The van der Waals surface area contributed by atoms with Crippen LogP contribution in [0.15, 0.2) is 34.9 Å². The fourth-order valence-corrected chi connectivity index (χ4v) is 5.18. The average molecular weight is 598 g/mol. The second-order valence-corrected chi connectivity index (χ2v) is 12.2. The van der Waals surface area contributed by atoms with Crippen LogP contribution in [0.25, 0.3) is 22.8 Å².